The first kappa shape index (κ1) is 15.1. The van der Waals surface area contributed by atoms with Gasteiger partial charge in [-0.25, -0.2) is 0 Å². The van der Waals surface area contributed by atoms with Crippen molar-refractivity contribution in [3.05, 3.63) is 23.8 Å². The number of halogens is 3. The number of phenols is 1. The number of esters is 1. The van der Waals surface area contributed by atoms with Gasteiger partial charge in [0.15, 0.2) is 11.5 Å². The van der Waals surface area contributed by atoms with Gasteiger partial charge in [0, 0.05) is 0 Å². The van der Waals surface area contributed by atoms with Crippen molar-refractivity contribution in [2.24, 2.45) is 5.73 Å². The molecule has 0 saturated carbocycles. The van der Waals surface area contributed by atoms with Gasteiger partial charge < -0.3 is 20.3 Å². The van der Waals surface area contributed by atoms with Gasteiger partial charge in [0.2, 0.25) is 0 Å². The Kier molecular flexibility index (Phi) is 4.60. The largest absolute Gasteiger partial charge is 0.573 e. The number of methoxy groups -OCH3 is 1. The quantitative estimate of drug-likeness (QED) is 0.813. The maximum Gasteiger partial charge on any atom is 0.573 e. The van der Waals surface area contributed by atoms with Crippen LogP contribution in [0.1, 0.15) is 5.56 Å². The van der Waals surface area contributed by atoms with E-state index in [0.717, 1.165) is 19.2 Å². The molecule has 0 saturated heterocycles. The number of benzene rings is 1. The minimum Gasteiger partial charge on any atom is -0.504 e. The van der Waals surface area contributed by atoms with Crippen LogP contribution in [-0.2, 0) is 16.0 Å². The summed E-state index contributed by atoms with van der Waals surface area (Å²) in [5.41, 5.74) is 5.78. The van der Waals surface area contributed by atoms with Gasteiger partial charge in [0.05, 0.1) is 7.11 Å². The summed E-state index contributed by atoms with van der Waals surface area (Å²) in [6.07, 6.45) is -4.96. The highest BCUT2D eigenvalue weighted by molar-refractivity contribution is 5.75. The van der Waals surface area contributed by atoms with E-state index in [1.165, 1.54) is 6.07 Å². The highest BCUT2D eigenvalue weighted by Gasteiger charge is 2.32. The summed E-state index contributed by atoms with van der Waals surface area (Å²) in [4.78, 5) is 11.1. The maximum absolute atomic E-state index is 12.1. The second-order valence-corrected chi connectivity index (χ2v) is 3.68. The van der Waals surface area contributed by atoms with Gasteiger partial charge in [0.25, 0.3) is 0 Å². The van der Waals surface area contributed by atoms with Crippen LogP contribution < -0.4 is 10.5 Å². The molecule has 1 aromatic carbocycles. The van der Waals surface area contributed by atoms with Crippen molar-refractivity contribution in [2.45, 2.75) is 18.8 Å². The Bertz CT molecular complexity index is 462. The first-order chi connectivity index (χ1) is 8.73. The molecule has 3 N–H and O–H groups in total. The van der Waals surface area contributed by atoms with Gasteiger partial charge in [-0.3, -0.25) is 4.79 Å². The summed E-state index contributed by atoms with van der Waals surface area (Å²) < 4.78 is 44.2. The minimum absolute atomic E-state index is 0.0405. The van der Waals surface area contributed by atoms with Crippen LogP contribution in [0, 0.1) is 0 Å². The van der Waals surface area contributed by atoms with Gasteiger partial charge in [-0.1, -0.05) is 6.07 Å². The van der Waals surface area contributed by atoms with Crippen LogP contribution >= 0.6 is 0 Å². The van der Waals surface area contributed by atoms with Crippen LogP contribution in [0.3, 0.4) is 0 Å². The average molecular weight is 279 g/mol. The predicted octanol–water partition coefficient (Wildman–Crippen LogP) is 1.33. The molecule has 5 nitrogen and oxygen atoms in total. The molecule has 0 fully saturated rings. The molecule has 1 unspecified atom stereocenters. The fourth-order valence-corrected chi connectivity index (χ4v) is 1.38. The van der Waals surface area contributed by atoms with E-state index in [1.54, 1.807) is 0 Å². The molecule has 1 rings (SSSR count). The molecule has 0 aliphatic carbocycles. The molecular weight excluding hydrogens is 267 g/mol. The monoisotopic (exact) mass is 279 g/mol. The van der Waals surface area contributed by atoms with Crippen molar-refractivity contribution >= 4 is 5.97 Å². The van der Waals surface area contributed by atoms with E-state index in [1.807, 2.05) is 0 Å². The third kappa shape index (κ3) is 4.66. The van der Waals surface area contributed by atoms with Gasteiger partial charge in [0.1, 0.15) is 6.04 Å². The first-order valence-corrected chi connectivity index (χ1v) is 5.14. The zero-order valence-corrected chi connectivity index (χ0v) is 9.90. The van der Waals surface area contributed by atoms with Crippen LogP contribution in [0.5, 0.6) is 11.5 Å². The lowest BCUT2D eigenvalue weighted by Gasteiger charge is -2.13. The number of carbonyl (C=O) groups is 1. The lowest BCUT2D eigenvalue weighted by molar-refractivity contribution is -0.275. The third-order valence-corrected chi connectivity index (χ3v) is 2.21. The van der Waals surface area contributed by atoms with E-state index in [2.05, 4.69) is 9.47 Å². The van der Waals surface area contributed by atoms with Gasteiger partial charge in [-0.15, -0.1) is 13.2 Å². The van der Waals surface area contributed by atoms with E-state index in [9.17, 15) is 23.1 Å². The zero-order valence-electron chi connectivity index (χ0n) is 9.90. The minimum atomic E-state index is -4.92. The topological polar surface area (TPSA) is 81.8 Å². The molecule has 0 spiro atoms. The Balaban J connectivity index is 2.87. The molecule has 0 amide bonds. The van der Waals surface area contributed by atoms with E-state index in [-0.39, 0.29) is 6.42 Å². The van der Waals surface area contributed by atoms with Crippen molar-refractivity contribution in [2.75, 3.05) is 7.11 Å². The molecule has 0 aromatic heterocycles. The molecule has 0 heterocycles. The second-order valence-electron chi connectivity index (χ2n) is 3.68. The Morgan fingerprint density at radius 2 is 2.11 bits per heavy atom. The summed E-state index contributed by atoms with van der Waals surface area (Å²) >= 11 is 0. The SMILES string of the molecule is COC(=O)C(N)Cc1ccc(O)c(OC(F)(F)F)c1. The van der Waals surface area contributed by atoms with E-state index in [0.29, 0.717) is 5.56 Å². The number of hydrogen-bond donors (Lipinski definition) is 2. The molecule has 0 aliphatic rings. The molecular formula is C11H12F3NO4. The smallest absolute Gasteiger partial charge is 0.504 e. The van der Waals surface area contributed by atoms with Crippen LogP contribution in [0.4, 0.5) is 13.2 Å². The lowest BCUT2D eigenvalue weighted by atomic mass is 10.1. The maximum atomic E-state index is 12.1. The van der Waals surface area contributed by atoms with Crippen LogP contribution in [0.15, 0.2) is 18.2 Å². The van der Waals surface area contributed by atoms with Gasteiger partial charge in [-0.05, 0) is 24.1 Å². The van der Waals surface area contributed by atoms with Crippen LogP contribution in [-0.4, -0.2) is 30.6 Å². The average Bonchev–Trinajstić information content (AvgIpc) is 2.30. The Morgan fingerprint density at radius 1 is 1.47 bits per heavy atom. The second kappa shape index (κ2) is 5.79. The fraction of sp³-hybridized carbons (Fsp3) is 0.364. The van der Waals surface area contributed by atoms with Crippen molar-refractivity contribution in [3.8, 4) is 11.5 Å². The van der Waals surface area contributed by atoms with Crippen LogP contribution in [0.2, 0.25) is 0 Å². The molecule has 1 atom stereocenters. The summed E-state index contributed by atoms with van der Waals surface area (Å²) in [5.74, 6) is -2.10. The highest BCUT2D eigenvalue weighted by Crippen LogP contribution is 2.32. The van der Waals surface area contributed by atoms with Gasteiger partial charge >= 0.3 is 12.3 Å². The lowest BCUT2D eigenvalue weighted by Crippen LogP contribution is -2.33. The summed E-state index contributed by atoms with van der Waals surface area (Å²) in [6, 6.07) is 2.32. The number of aromatic hydroxyl groups is 1. The normalized spacial score (nSPS) is 12.9. The Morgan fingerprint density at radius 3 is 2.63 bits per heavy atom. The van der Waals surface area contributed by atoms with Crippen molar-refractivity contribution in [3.63, 3.8) is 0 Å². The number of carbonyl (C=O) groups excluding carboxylic acids is 1. The van der Waals surface area contributed by atoms with Crippen molar-refractivity contribution < 1.29 is 32.5 Å². The summed E-state index contributed by atoms with van der Waals surface area (Å²) in [5, 5.41) is 9.24. The Hall–Kier alpha value is -1.96. The van der Waals surface area contributed by atoms with Gasteiger partial charge in [-0.2, -0.15) is 0 Å². The van der Waals surface area contributed by atoms with E-state index < -0.39 is 29.9 Å². The summed E-state index contributed by atoms with van der Waals surface area (Å²) in [6.45, 7) is 0. The van der Waals surface area contributed by atoms with E-state index in [4.69, 9.17) is 5.73 Å². The summed E-state index contributed by atoms with van der Waals surface area (Å²) in [7, 11) is 1.15. The molecule has 0 radical (unpaired) electrons. The van der Waals surface area contributed by atoms with E-state index >= 15 is 0 Å². The molecule has 106 valence electrons. The standard InChI is InChI=1S/C11H12F3NO4/c1-18-10(17)7(15)4-6-2-3-8(16)9(5-6)19-11(12,13)14/h2-3,5,7,16H,4,15H2,1H3. The Labute approximate surface area is 106 Å². The number of nitrogens with two attached hydrogens (primary N) is 1. The molecule has 0 aliphatic heterocycles. The molecule has 1 aromatic rings. The highest BCUT2D eigenvalue weighted by atomic mass is 19.4. The predicted molar refractivity (Wildman–Crippen MR) is 58.5 cm³/mol. The zero-order chi connectivity index (χ0) is 14.6. The number of hydrogen-bond acceptors (Lipinski definition) is 5. The fourth-order valence-electron chi connectivity index (χ4n) is 1.38. The number of phenolic OH excluding ortho intramolecular Hbond substituents is 1. The van der Waals surface area contributed by atoms with Crippen molar-refractivity contribution in [1.29, 1.82) is 0 Å². The van der Waals surface area contributed by atoms with Crippen molar-refractivity contribution in [1.82, 2.24) is 0 Å². The van der Waals surface area contributed by atoms with Crippen LogP contribution in [0.25, 0.3) is 0 Å². The first-order valence-electron chi connectivity index (χ1n) is 5.14. The molecule has 8 heteroatoms. The molecule has 19 heavy (non-hydrogen) atoms. The third-order valence-electron chi connectivity index (χ3n) is 2.21. The molecule has 0 bridgehead atoms. The number of rotatable bonds is 4. The number of ether oxygens (including phenoxy) is 2. The number of alkyl halides is 3.